The fourth-order valence-corrected chi connectivity index (χ4v) is 3.72. The van der Waals surface area contributed by atoms with Crippen LogP contribution in [0.1, 0.15) is 40.4 Å². The number of rotatable bonds is 4. The number of ether oxygens (including phenoxy) is 2. The van der Waals surface area contributed by atoms with Crippen LogP contribution in [0, 0.1) is 0 Å². The summed E-state index contributed by atoms with van der Waals surface area (Å²) in [6.45, 7) is 0. The summed E-state index contributed by atoms with van der Waals surface area (Å²) in [5.74, 6) is 0.379. The molecule has 0 aliphatic heterocycles. The second kappa shape index (κ2) is 8.59. The van der Waals surface area contributed by atoms with Gasteiger partial charge >= 0.3 is 5.97 Å². The van der Waals surface area contributed by atoms with Gasteiger partial charge in [-0.05, 0) is 72.9 Å². The lowest BCUT2D eigenvalue weighted by Gasteiger charge is -2.28. The molecule has 5 nitrogen and oxygen atoms in total. The highest BCUT2D eigenvalue weighted by Gasteiger charge is 2.21. The maximum atomic E-state index is 11.8. The number of fused-ring (bicyclic) bond motifs is 1. The average molecular weight is 405 g/mol. The molecule has 0 saturated carbocycles. The minimum atomic E-state index is -0.488. The zero-order chi connectivity index (χ0) is 19.4. The van der Waals surface area contributed by atoms with Gasteiger partial charge < -0.3 is 20.1 Å². The molecule has 0 radical (unpaired) electrons. The first kappa shape index (κ1) is 19.5. The van der Waals surface area contributed by atoms with Gasteiger partial charge in [0, 0.05) is 5.69 Å². The zero-order valence-electron chi connectivity index (χ0n) is 15.2. The van der Waals surface area contributed by atoms with Gasteiger partial charge in [-0.15, -0.1) is 0 Å². The lowest BCUT2D eigenvalue weighted by atomic mass is 9.87. The molecule has 27 heavy (non-hydrogen) atoms. The van der Waals surface area contributed by atoms with Crippen molar-refractivity contribution in [2.24, 2.45) is 0 Å². The number of esters is 1. The normalized spacial score (nSPS) is 15.4. The predicted molar refractivity (Wildman–Crippen MR) is 111 cm³/mol. The van der Waals surface area contributed by atoms with Crippen molar-refractivity contribution in [3.05, 3.63) is 58.1 Å². The number of halogens is 1. The van der Waals surface area contributed by atoms with Gasteiger partial charge in [-0.2, -0.15) is 0 Å². The van der Waals surface area contributed by atoms with Crippen LogP contribution in [-0.4, -0.2) is 25.3 Å². The van der Waals surface area contributed by atoms with Crippen LogP contribution in [-0.2, 0) is 11.2 Å². The van der Waals surface area contributed by atoms with E-state index in [1.165, 1.54) is 18.2 Å². The molecule has 2 N–H and O–H groups in total. The lowest BCUT2D eigenvalue weighted by molar-refractivity contribution is 0.0601. The summed E-state index contributed by atoms with van der Waals surface area (Å²) in [4.78, 5) is 11.8. The molecule has 0 unspecified atom stereocenters. The number of hydrogen-bond donors (Lipinski definition) is 2. The van der Waals surface area contributed by atoms with Crippen LogP contribution >= 0.6 is 23.8 Å². The van der Waals surface area contributed by atoms with E-state index in [0.29, 0.717) is 21.4 Å². The molecule has 1 atom stereocenters. The van der Waals surface area contributed by atoms with Crippen molar-refractivity contribution < 1.29 is 14.3 Å². The Kier molecular flexibility index (Phi) is 6.19. The van der Waals surface area contributed by atoms with E-state index >= 15 is 0 Å². The number of aryl methyl sites for hydroxylation is 1. The zero-order valence-corrected chi connectivity index (χ0v) is 16.7. The van der Waals surface area contributed by atoms with Gasteiger partial charge in [-0.25, -0.2) is 4.79 Å². The summed E-state index contributed by atoms with van der Waals surface area (Å²) in [6, 6.07) is 11.3. The van der Waals surface area contributed by atoms with Crippen LogP contribution in [0.4, 0.5) is 5.69 Å². The van der Waals surface area contributed by atoms with Crippen molar-refractivity contribution >= 4 is 40.6 Å². The molecule has 1 aliphatic carbocycles. The van der Waals surface area contributed by atoms with E-state index in [4.69, 9.17) is 33.3 Å². The van der Waals surface area contributed by atoms with E-state index in [2.05, 4.69) is 22.8 Å². The molecule has 2 aromatic carbocycles. The van der Waals surface area contributed by atoms with Gasteiger partial charge in [-0.1, -0.05) is 17.7 Å². The molecule has 0 amide bonds. The Hall–Kier alpha value is -2.31. The van der Waals surface area contributed by atoms with Crippen LogP contribution in [0.3, 0.4) is 0 Å². The van der Waals surface area contributed by atoms with E-state index in [9.17, 15) is 4.79 Å². The van der Waals surface area contributed by atoms with Crippen molar-refractivity contribution in [2.45, 2.75) is 25.3 Å². The quantitative estimate of drug-likeness (QED) is 0.578. The average Bonchev–Trinajstić information content (AvgIpc) is 2.68. The summed E-state index contributed by atoms with van der Waals surface area (Å²) < 4.78 is 10.1. The van der Waals surface area contributed by atoms with Crippen LogP contribution in [0.25, 0.3) is 0 Å². The first-order valence-corrected chi connectivity index (χ1v) is 9.42. The molecule has 7 heteroatoms. The molecule has 0 fully saturated rings. The van der Waals surface area contributed by atoms with E-state index < -0.39 is 5.97 Å². The standard InChI is InChI=1S/C20H21ClN2O3S/c1-25-14-7-8-15-12(10-14)4-3-5-18(15)23-20(27)22-13-6-9-17(21)16(11-13)19(24)26-2/h6-11,18H,3-5H2,1-2H3,(H2,22,23,27)/t18-/m0/s1. The van der Waals surface area contributed by atoms with E-state index in [1.807, 2.05) is 6.07 Å². The van der Waals surface area contributed by atoms with E-state index in [-0.39, 0.29) is 6.04 Å². The summed E-state index contributed by atoms with van der Waals surface area (Å²) in [7, 11) is 2.99. The Labute approximate surface area is 169 Å². The van der Waals surface area contributed by atoms with E-state index in [0.717, 1.165) is 25.0 Å². The van der Waals surface area contributed by atoms with Gasteiger partial charge in [0.25, 0.3) is 0 Å². The molecule has 0 bridgehead atoms. The highest BCUT2D eigenvalue weighted by Crippen LogP contribution is 2.32. The maximum absolute atomic E-state index is 11.8. The summed E-state index contributed by atoms with van der Waals surface area (Å²) in [5, 5.41) is 7.31. The van der Waals surface area contributed by atoms with Crippen molar-refractivity contribution in [3.8, 4) is 5.75 Å². The monoisotopic (exact) mass is 404 g/mol. The van der Waals surface area contributed by atoms with Crippen molar-refractivity contribution in [3.63, 3.8) is 0 Å². The Bertz CT molecular complexity index is 872. The third kappa shape index (κ3) is 4.51. The molecule has 1 aliphatic rings. The molecular formula is C20H21ClN2O3S. The van der Waals surface area contributed by atoms with Gasteiger partial charge in [0.2, 0.25) is 0 Å². The lowest BCUT2D eigenvalue weighted by Crippen LogP contribution is -2.34. The molecule has 0 heterocycles. The van der Waals surface area contributed by atoms with Crippen LogP contribution in [0.15, 0.2) is 36.4 Å². The minimum Gasteiger partial charge on any atom is -0.497 e. The first-order valence-electron chi connectivity index (χ1n) is 8.64. The van der Waals surface area contributed by atoms with Crippen LogP contribution < -0.4 is 15.4 Å². The number of anilines is 1. The Morgan fingerprint density at radius 2 is 2.04 bits per heavy atom. The number of nitrogens with one attached hydrogen (secondary N) is 2. The largest absolute Gasteiger partial charge is 0.497 e. The van der Waals surface area contributed by atoms with Crippen molar-refractivity contribution in [1.82, 2.24) is 5.32 Å². The van der Waals surface area contributed by atoms with Crippen LogP contribution in [0.5, 0.6) is 5.75 Å². The SMILES string of the molecule is COC(=O)c1cc(NC(=S)N[C@H]2CCCc3cc(OC)ccc32)ccc1Cl. The highest BCUT2D eigenvalue weighted by molar-refractivity contribution is 7.80. The third-order valence-corrected chi connectivity index (χ3v) is 5.15. The topological polar surface area (TPSA) is 59.6 Å². The Morgan fingerprint density at radius 3 is 2.78 bits per heavy atom. The smallest absolute Gasteiger partial charge is 0.339 e. The molecule has 3 rings (SSSR count). The summed E-state index contributed by atoms with van der Waals surface area (Å²) in [5.41, 5.74) is 3.48. The highest BCUT2D eigenvalue weighted by atomic mass is 35.5. The fraction of sp³-hybridized carbons (Fsp3) is 0.300. The summed E-state index contributed by atoms with van der Waals surface area (Å²) in [6.07, 6.45) is 3.10. The molecule has 0 spiro atoms. The van der Waals surface area contributed by atoms with E-state index in [1.54, 1.807) is 25.3 Å². The molecular weight excluding hydrogens is 384 g/mol. The van der Waals surface area contributed by atoms with Gasteiger partial charge in [0.05, 0.1) is 30.8 Å². The number of carbonyl (C=O) groups excluding carboxylic acids is 1. The predicted octanol–water partition coefficient (Wildman–Crippen LogP) is 4.50. The maximum Gasteiger partial charge on any atom is 0.339 e. The number of benzene rings is 2. The Balaban J connectivity index is 1.71. The number of carbonyl (C=O) groups is 1. The van der Waals surface area contributed by atoms with Gasteiger partial charge in [-0.3, -0.25) is 0 Å². The second-order valence-electron chi connectivity index (χ2n) is 6.29. The summed E-state index contributed by atoms with van der Waals surface area (Å²) >= 11 is 11.5. The van der Waals surface area contributed by atoms with Crippen molar-refractivity contribution in [1.29, 1.82) is 0 Å². The number of thiocarbonyl (C=S) groups is 1. The molecule has 142 valence electrons. The number of methoxy groups -OCH3 is 2. The number of hydrogen-bond acceptors (Lipinski definition) is 4. The molecule has 0 saturated heterocycles. The van der Waals surface area contributed by atoms with Crippen LogP contribution in [0.2, 0.25) is 5.02 Å². The van der Waals surface area contributed by atoms with Crippen molar-refractivity contribution in [2.75, 3.05) is 19.5 Å². The van der Waals surface area contributed by atoms with Gasteiger partial charge in [0.1, 0.15) is 5.75 Å². The fourth-order valence-electron chi connectivity index (χ4n) is 3.26. The molecule has 2 aromatic rings. The first-order chi connectivity index (χ1) is 13.0. The molecule has 0 aromatic heterocycles. The van der Waals surface area contributed by atoms with Gasteiger partial charge in [0.15, 0.2) is 5.11 Å². The minimum absolute atomic E-state index is 0.132. The third-order valence-electron chi connectivity index (χ3n) is 4.60. The Morgan fingerprint density at radius 1 is 1.22 bits per heavy atom. The second-order valence-corrected chi connectivity index (χ2v) is 7.11.